The highest BCUT2D eigenvalue weighted by Crippen LogP contribution is 2.16. The fourth-order valence-electron chi connectivity index (χ4n) is 1.56. The Morgan fingerprint density at radius 3 is 2.60 bits per heavy atom. The average molecular weight is 292 g/mol. The maximum absolute atomic E-state index is 11.7. The van der Waals surface area contributed by atoms with E-state index >= 15 is 0 Å². The lowest BCUT2D eigenvalue weighted by atomic mass is 10.3. The molecule has 1 aromatic carbocycles. The van der Waals surface area contributed by atoms with Crippen molar-refractivity contribution in [3.63, 3.8) is 0 Å². The minimum absolute atomic E-state index is 0.173. The summed E-state index contributed by atoms with van der Waals surface area (Å²) >= 11 is 1.46. The number of thiazole rings is 1. The number of amides is 1. The van der Waals surface area contributed by atoms with Gasteiger partial charge in [0.1, 0.15) is 23.8 Å². The Morgan fingerprint density at radius 2 is 2.00 bits per heavy atom. The van der Waals surface area contributed by atoms with Gasteiger partial charge in [-0.15, -0.1) is 11.3 Å². The summed E-state index contributed by atoms with van der Waals surface area (Å²) in [6.07, 6.45) is 0. The van der Waals surface area contributed by atoms with Crippen LogP contribution < -0.4 is 14.8 Å². The molecule has 1 N–H and O–H groups in total. The van der Waals surface area contributed by atoms with Crippen LogP contribution in [0, 0.1) is 6.92 Å². The van der Waals surface area contributed by atoms with Crippen LogP contribution in [0.3, 0.4) is 0 Å². The van der Waals surface area contributed by atoms with E-state index in [1.807, 2.05) is 31.2 Å². The molecule has 0 aliphatic rings. The SMILES string of the molecule is COc1ccc(OCCNC(=O)c2csc(C)n2)cc1. The number of methoxy groups -OCH3 is 1. The molecule has 1 aromatic heterocycles. The van der Waals surface area contributed by atoms with Gasteiger partial charge in [0, 0.05) is 5.38 Å². The minimum Gasteiger partial charge on any atom is -0.497 e. The van der Waals surface area contributed by atoms with Gasteiger partial charge < -0.3 is 14.8 Å². The van der Waals surface area contributed by atoms with Gasteiger partial charge in [0.25, 0.3) is 5.91 Å². The molecule has 0 spiro atoms. The van der Waals surface area contributed by atoms with E-state index in [2.05, 4.69) is 10.3 Å². The van der Waals surface area contributed by atoms with Crippen molar-refractivity contribution in [2.45, 2.75) is 6.92 Å². The molecule has 0 radical (unpaired) electrons. The third kappa shape index (κ3) is 3.96. The molecule has 20 heavy (non-hydrogen) atoms. The van der Waals surface area contributed by atoms with Gasteiger partial charge in [0.15, 0.2) is 0 Å². The highest BCUT2D eigenvalue weighted by Gasteiger charge is 2.08. The zero-order chi connectivity index (χ0) is 14.4. The van der Waals surface area contributed by atoms with Crippen LogP contribution in [-0.2, 0) is 0 Å². The monoisotopic (exact) mass is 292 g/mol. The molecule has 0 saturated heterocycles. The second-order valence-electron chi connectivity index (χ2n) is 4.03. The van der Waals surface area contributed by atoms with E-state index in [4.69, 9.17) is 9.47 Å². The first-order valence-corrected chi connectivity index (χ1v) is 7.04. The Hall–Kier alpha value is -2.08. The van der Waals surface area contributed by atoms with Crippen LogP contribution in [0.4, 0.5) is 0 Å². The van der Waals surface area contributed by atoms with Gasteiger partial charge in [0.05, 0.1) is 18.7 Å². The fraction of sp³-hybridized carbons (Fsp3) is 0.286. The lowest BCUT2D eigenvalue weighted by molar-refractivity contribution is 0.0942. The average Bonchev–Trinajstić information content (AvgIpc) is 2.91. The predicted molar refractivity (Wildman–Crippen MR) is 77.7 cm³/mol. The smallest absolute Gasteiger partial charge is 0.270 e. The summed E-state index contributed by atoms with van der Waals surface area (Å²) in [5.41, 5.74) is 0.456. The van der Waals surface area contributed by atoms with Crippen LogP contribution in [0.5, 0.6) is 11.5 Å². The Labute approximate surface area is 121 Å². The molecule has 0 bridgehead atoms. The molecule has 0 aliphatic carbocycles. The lowest BCUT2D eigenvalue weighted by Gasteiger charge is -2.07. The van der Waals surface area contributed by atoms with Gasteiger partial charge in [-0.25, -0.2) is 4.98 Å². The highest BCUT2D eigenvalue weighted by atomic mass is 32.1. The third-order valence-electron chi connectivity index (χ3n) is 2.57. The van der Waals surface area contributed by atoms with Crippen LogP contribution in [0.25, 0.3) is 0 Å². The van der Waals surface area contributed by atoms with E-state index < -0.39 is 0 Å². The zero-order valence-corrected chi connectivity index (χ0v) is 12.2. The Kier molecular flexibility index (Phi) is 4.95. The van der Waals surface area contributed by atoms with Crippen LogP contribution in [0.2, 0.25) is 0 Å². The first-order chi connectivity index (χ1) is 9.69. The van der Waals surface area contributed by atoms with E-state index in [1.165, 1.54) is 11.3 Å². The number of ether oxygens (including phenoxy) is 2. The Balaban J connectivity index is 1.72. The summed E-state index contributed by atoms with van der Waals surface area (Å²) in [4.78, 5) is 15.8. The first-order valence-electron chi connectivity index (χ1n) is 6.16. The number of hydrogen-bond acceptors (Lipinski definition) is 5. The van der Waals surface area contributed by atoms with Gasteiger partial charge in [-0.1, -0.05) is 0 Å². The number of aryl methyl sites for hydroxylation is 1. The lowest BCUT2D eigenvalue weighted by Crippen LogP contribution is -2.28. The van der Waals surface area contributed by atoms with Crippen LogP contribution in [-0.4, -0.2) is 31.2 Å². The Bertz CT molecular complexity index is 566. The van der Waals surface area contributed by atoms with Crippen LogP contribution >= 0.6 is 11.3 Å². The molecule has 0 fully saturated rings. The summed E-state index contributed by atoms with van der Waals surface area (Å²) in [7, 11) is 1.62. The second-order valence-corrected chi connectivity index (χ2v) is 5.09. The number of hydrogen-bond donors (Lipinski definition) is 1. The zero-order valence-electron chi connectivity index (χ0n) is 11.4. The van der Waals surface area contributed by atoms with Gasteiger partial charge in [-0.3, -0.25) is 4.79 Å². The van der Waals surface area contributed by atoms with Crippen LogP contribution in [0.1, 0.15) is 15.5 Å². The molecule has 1 amide bonds. The molecule has 0 unspecified atom stereocenters. The minimum atomic E-state index is -0.173. The maximum atomic E-state index is 11.7. The quantitative estimate of drug-likeness (QED) is 0.830. The number of carbonyl (C=O) groups is 1. The maximum Gasteiger partial charge on any atom is 0.270 e. The first kappa shape index (κ1) is 14.3. The van der Waals surface area contributed by atoms with Crippen molar-refractivity contribution in [3.05, 3.63) is 40.3 Å². The van der Waals surface area contributed by atoms with Crippen LogP contribution in [0.15, 0.2) is 29.6 Å². The number of nitrogens with one attached hydrogen (secondary N) is 1. The number of benzene rings is 1. The summed E-state index contributed by atoms with van der Waals surface area (Å²) < 4.78 is 10.6. The summed E-state index contributed by atoms with van der Waals surface area (Å²) in [5, 5.41) is 5.38. The molecule has 0 atom stereocenters. The van der Waals surface area contributed by atoms with E-state index in [0.717, 1.165) is 16.5 Å². The van der Waals surface area contributed by atoms with Crippen molar-refractivity contribution in [3.8, 4) is 11.5 Å². The molecular weight excluding hydrogens is 276 g/mol. The van der Waals surface area contributed by atoms with Crippen molar-refractivity contribution in [2.75, 3.05) is 20.3 Å². The number of carbonyl (C=O) groups excluding carboxylic acids is 1. The van der Waals surface area contributed by atoms with Gasteiger partial charge in [-0.05, 0) is 31.2 Å². The molecule has 106 valence electrons. The number of nitrogens with zero attached hydrogens (tertiary/aromatic N) is 1. The molecule has 2 aromatic rings. The Morgan fingerprint density at radius 1 is 1.30 bits per heavy atom. The molecule has 2 rings (SSSR count). The topological polar surface area (TPSA) is 60.5 Å². The molecule has 5 nitrogen and oxygen atoms in total. The molecule has 1 heterocycles. The van der Waals surface area contributed by atoms with Crippen molar-refractivity contribution in [1.82, 2.24) is 10.3 Å². The predicted octanol–water partition coefficient (Wildman–Crippen LogP) is 2.27. The summed E-state index contributed by atoms with van der Waals surface area (Å²) in [5.74, 6) is 1.35. The third-order valence-corrected chi connectivity index (χ3v) is 3.34. The van der Waals surface area contributed by atoms with Crippen molar-refractivity contribution in [1.29, 1.82) is 0 Å². The van der Waals surface area contributed by atoms with Gasteiger partial charge in [-0.2, -0.15) is 0 Å². The van der Waals surface area contributed by atoms with E-state index in [9.17, 15) is 4.79 Å². The molecule has 0 saturated carbocycles. The number of aromatic nitrogens is 1. The molecule has 0 aliphatic heterocycles. The van der Waals surface area contributed by atoms with E-state index in [0.29, 0.717) is 18.8 Å². The standard InChI is InChI=1S/C14H16N2O3S/c1-10-16-13(9-20-10)14(17)15-7-8-19-12-5-3-11(18-2)4-6-12/h3-6,9H,7-8H2,1-2H3,(H,15,17). The van der Waals surface area contributed by atoms with E-state index in [1.54, 1.807) is 12.5 Å². The van der Waals surface area contributed by atoms with Crippen molar-refractivity contribution >= 4 is 17.2 Å². The molecule has 6 heteroatoms. The second kappa shape index (κ2) is 6.91. The molecular formula is C14H16N2O3S. The van der Waals surface area contributed by atoms with Gasteiger partial charge in [0.2, 0.25) is 0 Å². The van der Waals surface area contributed by atoms with Crippen molar-refractivity contribution in [2.24, 2.45) is 0 Å². The van der Waals surface area contributed by atoms with Gasteiger partial charge >= 0.3 is 0 Å². The summed E-state index contributed by atoms with van der Waals surface area (Å²) in [6, 6.07) is 7.30. The largest absolute Gasteiger partial charge is 0.497 e. The highest BCUT2D eigenvalue weighted by molar-refractivity contribution is 7.09. The fourth-order valence-corrected chi connectivity index (χ4v) is 2.16. The normalized spacial score (nSPS) is 10.1. The van der Waals surface area contributed by atoms with E-state index in [-0.39, 0.29) is 5.91 Å². The summed E-state index contributed by atoms with van der Waals surface area (Å²) in [6.45, 7) is 2.71. The number of rotatable bonds is 6. The van der Waals surface area contributed by atoms with Crippen molar-refractivity contribution < 1.29 is 14.3 Å².